The molecule has 2 aromatic heterocycles. The van der Waals surface area contributed by atoms with E-state index >= 15 is 0 Å². The lowest BCUT2D eigenvalue weighted by Crippen LogP contribution is -2.24. The van der Waals surface area contributed by atoms with Crippen molar-refractivity contribution in [3.63, 3.8) is 0 Å². The Hall–Kier alpha value is -1.77. The fraction of sp³-hybridized carbons (Fsp3) is 0.455. The molecule has 1 fully saturated rings. The molecule has 3 rings (SSSR count). The molecule has 8 heteroatoms. The van der Waals surface area contributed by atoms with E-state index in [4.69, 9.17) is 15.6 Å². The maximum atomic E-state index is 13.8. The highest BCUT2D eigenvalue weighted by atomic mass is 19.1. The summed E-state index contributed by atoms with van der Waals surface area (Å²) in [4.78, 5) is 7.73. The largest absolute Gasteiger partial charge is 0.394 e. The molecule has 7 nitrogen and oxygen atoms in total. The highest BCUT2D eigenvalue weighted by Crippen LogP contribution is 2.33. The number of aliphatic hydroxyl groups is 2. The number of ether oxygens (including phenoxy) is 1. The molecule has 0 spiro atoms. The van der Waals surface area contributed by atoms with Crippen LogP contribution in [0.5, 0.6) is 0 Å². The summed E-state index contributed by atoms with van der Waals surface area (Å²) in [6, 6.07) is 0. The number of anilines is 1. The Morgan fingerprint density at radius 3 is 3.00 bits per heavy atom. The lowest BCUT2D eigenvalue weighted by Gasteiger charge is -2.14. The SMILES string of the molecule is Nc1ncnc2c1c(F)cn2C1CC(O)C(CO)O1. The third-order valence-corrected chi connectivity index (χ3v) is 3.29. The van der Waals surface area contributed by atoms with Gasteiger partial charge in [-0.1, -0.05) is 0 Å². The maximum absolute atomic E-state index is 13.8. The Balaban J connectivity index is 2.05. The van der Waals surface area contributed by atoms with Crippen molar-refractivity contribution in [2.75, 3.05) is 12.3 Å². The Morgan fingerprint density at radius 2 is 2.32 bits per heavy atom. The molecule has 1 saturated heterocycles. The van der Waals surface area contributed by atoms with Gasteiger partial charge in [-0.05, 0) is 0 Å². The van der Waals surface area contributed by atoms with Gasteiger partial charge in [0, 0.05) is 12.6 Å². The minimum atomic E-state index is -0.797. The Morgan fingerprint density at radius 1 is 1.53 bits per heavy atom. The maximum Gasteiger partial charge on any atom is 0.154 e. The van der Waals surface area contributed by atoms with Crippen LogP contribution in [0.3, 0.4) is 0 Å². The fourth-order valence-corrected chi connectivity index (χ4v) is 2.33. The molecular formula is C11H13FN4O3. The number of rotatable bonds is 2. The molecule has 0 radical (unpaired) electrons. The van der Waals surface area contributed by atoms with Gasteiger partial charge in [0.25, 0.3) is 0 Å². The van der Waals surface area contributed by atoms with Crippen molar-refractivity contribution in [3.05, 3.63) is 18.3 Å². The van der Waals surface area contributed by atoms with Crippen molar-refractivity contribution in [2.45, 2.75) is 24.9 Å². The quantitative estimate of drug-likeness (QED) is 0.696. The first-order chi connectivity index (χ1) is 9.11. The first-order valence-corrected chi connectivity index (χ1v) is 5.82. The van der Waals surface area contributed by atoms with Crippen molar-refractivity contribution in [2.24, 2.45) is 0 Å². The summed E-state index contributed by atoms with van der Waals surface area (Å²) in [6.45, 7) is -0.295. The van der Waals surface area contributed by atoms with Gasteiger partial charge >= 0.3 is 0 Å². The summed E-state index contributed by atoms with van der Waals surface area (Å²) in [5, 5.41) is 18.9. The number of hydrogen-bond donors (Lipinski definition) is 3. The lowest BCUT2D eigenvalue weighted by atomic mass is 10.2. The van der Waals surface area contributed by atoms with E-state index in [1.165, 1.54) is 17.1 Å². The van der Waals surface area contributed by atoms with E-state index in [1.54, 1.807) is 0 Å². The lowest BCUT2D eigenvalue weighted by molar-refractivity contribution is -0.0431. The number of aromatic nitrogens is 3. The van der Waals surface area contributed by atoms with Gasteiger partial charge in [-0.25, -0.2) is 14.4 Å². The van der Waals surface area contributed by atoms with Gasteiger partial charge < -0.3 is 25.3 Å². The van der Waals surface area contributed by atoms with Gasteiger partial charge in [-0.3, -0.25) is 0 Å². The summed E-state index contributed by atoms with van der Waals surface area (Å²) in [5.74, 6) is -0.489. The number of hydrogen-bond acceptors (Lipinski definition) is 6. The molecule has 2 aromatic rings. The monoisotopic (exact) mass is 268 g/mol. The number of fused-ring (bicyclic) bond motifs is 1. The second-order valence-electron chi connectivity index (χ2n) is 4.46. The molecule has 0 saturated carbocycles. The van der Waals surface area contributed by atoms with E-state index in [2.05, 4.69) is 9.97 Å². The molecule has 4 N–H and O–H groups in total. The second-order valence-corrected chi connectivity index (χ2v) is 4.46. The summed E-state index contributed by atoms with van der Waals surface area (Å²) < 4.78 is 20.8. The average Bonchev–Trinajstić information content (AvgIpc) is 2.91. The summed E-state index contributed by atoms with van der Waals surface area (Å²) in [6.07, 6.45) is 0.640. The second kappa shape index (κ2) is 4.41. The van der Waals surface area contributed by atoms with Gasteiger partial charge in [0.05, 0.1) is 18.1 Å². The van der Waals surface area contributed by atoms with E-state index in [1.807, 2.05) is 0 Å². The zero-order chi connectivity index (χ0) is 13.6. The Labute approximate surface area is 107 Å². The molecule has 0 bridgehead atoms. The van der Waals surface area contributed by atoms with Crippen molar-refractivity contribution < 1.29 is 19.3 Å². The highest BCUT2D eigenvalue weighted by molar-refractivity contribution is 5.86. The van der Waals surface area contributed by atoms with Gasteiger partial charge in [0.15, 0.2) is 11.5 Å². The van der Waals surface area contributed by atoms with Crippen LogP contribution in [0, 0.1) is 5.82 Å². The van der Waals surface area contributed by atoms with E-state index in [9.17, 15) is 9.50 Å². The van der Waals surface area contributed by atoms with Crippen molar-refractivity contribution in [1.82, 2.24) is 14.5 Å². The highest BCUT2D eigenvalue weighted by Gasteiger charge is 2.35. The molecule has 19 heavy (non-hydrogen) atoms. The molecule has 3 unspecified atom stereocenters. The molecule has 102 valence electrons. The predicted octanol–water partition coefficient (Wildman–Crippen LogP) is -0.207. The van der Waals surface area contributed by atoms with E-state index < -0.39 is 24.3 Å². The number of halogens is 1. The topological polar surface area (TPSA) is 106 Å². The van der Waals surface area contributed by atoms with Crippen molar-refractivity contribution in [3.8, 4) is 0 Å². The zero-order valence-corrected chi connectivity index (χ0v) is 9.90. The van der Waals surface area contributed by atoms with Crippen molar-refractivity contribution in [1.29, 1.82) is 0 Å². The van der Waals surface area contributed by atoms with Gasteiger partial charge in [-0.15, -0.1) is 0 Å². The van der Waals surface area contributed by atoms with Gasteiger partial charge in [0.1, 0.15) is 24.5 Å². The van der Waals surface area contributed by atoms with Gasteiger partial charge in [-0.2, -0.15) is 0 Å². The third-order valence-electron chi connectivity index (χ3n) is 3.29. The molecule has 1 aliphatic rings. The van der Waals surface area contributed by atoms with Crippen LogP contribution in [0.15, 0.2) is 12.5 Å². The smallest absolute Gasteiger partial charge is 0.154 e. The first-order valence-electron chi connectivity index (χ1n) is 5.82. The molecule has 3 atom stereocenters. The fourth-order valence-electron chi connectivity index (χ4n) is 2.33. The van der Waals surface area contributed by atoms with Crippen LogP contribution in [-0.4, -0.2) is 43.6 Å². The van der Waals surface area contributed by atoms with E-state index in [-0.39, 0.29) is 24.2 Å². The normalized spacial score (nSPS) is 27.2. The summed E-state index contributed by atoms with van der Waals surface area (Å²) in [5.41, 5.74) is 5.92. The van der Waals surface area contributed by atoms with Crippen LogP contribution in [0.1, 0.15) is 12.6 Å². The van der Waals surface area contributed by atoms with Crippen LogP contribution >= 0.6 is 0 Å². The third kappa shape index (κ3) is 1.84. The van der Waals surface area contributed by atoms with Crippen LogP contribution in [0.4, 0.5) is 10.2 Å². The van der Waals surface area contributed by atoms with Crippen LogP contribution < -0.4 is 5.73 Å². The number of nitrogens with zero attached hydrogens (tertiary/aromatic N) is 3. The van der Waals surface area contributed by atoms with Gasteiger partial charge in [0.2, 0.25) is 0 Å². The minimum Gasteiger partial charge on any atom is -0.394 e. The Kier molecular flexibility index (Phi) is 2.85. The van der Waals surface area contributed by atoms with Crippen LogP contribution in [0.25, 0.3) is 11.0 Å². The number of aliphatic hydroxyl groups excluding tert-OH is 2. The number of nitrogens with two attached hydrogens (primary N) is 1. The summed E-state index contributed by atoms with van der Waals surface area (Å²) >= 11 is 0. The van der Waals surface area contributed by atoms with E-state index in [0.717, 1.165) is 0 Å². The average molecular weight is 268 g/mol. The molecule has 3 heterocycles. The standard InChI is InChI=1S/C11H13FN4O3/c12-5-2-16(8-1-6(18)7(3-17)19-8)11-9(5)10(13)14-4-15-11/h2,4,6-8,17-18H,1,3H2,(H2,13,14,15). The van der Waals surface area contributed by atoms with Crippen LogP contribution in [0.2, 0.25) is 0 Å². The summed E-state index contributed by atoms with van der Waals surface area (Å²) in [7, 11) is 0. The Bertz CT molecular complexity index is 617. The zero-order valence-electron chi connectivity index (χ0n) is 9.90. The molecule has 0 aliphatic carbocycles. The molecule has 1 aliphatic heterocycles. The first kappa shape index (κ1) is 12.3. The minimum absolute atomic E-state index is 0.0542. The molecule has 0 aromatic carbocycles. The van der Waals surface area contributed by atoms with E-state index in [0.29, 0.717) is 5.65 Å². The van der Waals surface area contributed by atoms with Crippen LogP contribution in [-0.2, 0) is 4.74 Å². The molecule has 0 amide bonds. The van der Waals surface area contributed by atoms with Crippen molar-refractivity contribution >= 4 is 16.9 Å². The molecular weight excluding hydrogens is 255 g/mol. The predicted molar refractivity (Wildman–Crippen MR) is 63.5 cm³/mol. The number of nitrogen functional groups attached to an aromatic ring is 1.